The number of carbonyl (C=O) groups is 1. The molecule has 0 amide bonds. The number of hydrogen-bond donors (Lipinski definition) is 1. The first kappa shape index (κ1) is 13.5. The van der Waals surface area contributed by atoms with Crippen LogP contribution < -0.4 is 5.73 Å². The van der Waals surface area contributed by atoms with Gasteiger partial charge in [0, 0.05) is 12.3 Å². The third-order valence-electron chi connectivity index (χ3n) is 2.37. The van der Waals surface area contributed by atoms with Crippen molar-refractivity contribution in [1.29, 1.82) is 0 Å². The number of benzene rings is 1. The minimum atomic E-state index is -0.347. The number of ether oxygens (including phenoxy) is 2. The second-order valence-corrected chi connectivity index (χ2v) is 3.95. The van der Waals surface area contributed by atoms with Crippen LogP contribution >= 0.6 is 0 Å². The SMILES string of the molecule is CCOCC(C)OC(=O)c1ccc(N)c(C)c1. The van der Waals surface area contributed by atoms with E-state index in [0.29, 0.717) is 24.5 Å². The molecule has 94 valence electrons. The summed E-state index contributed by atoms with van der Waals surface area (Å²) in [4.78, 5) is 11.8. The van der Waals surface area contributed by atoms with Gasteiger partial charge < -0.3 is 15.2 Å². The van der Waals surface area contributed by atoms with Crippen LogP contribution in [0.1, 0.15) is 29.8 Å². The third kappa shape index (κ3) is 4.07. The van der Waals surface area contributed by atoms with Crippen molar-refractivity contribution in [2.24, 2.45) is 0 Å². The van der Waals surface area contributed by atoms with Crippen molar-refractivity contribution >= 4 is 11.7 Å². The minimum absolute atomic E-state index is 0.250. The molecule has 0 heterocycles. The van der Waals surface area contributed by atoms with Crippen LogP contribution in [0.4, 0.5) is 5.69 Å². The van der Waals surface area contributed by atoms with Gasteiger partial charge in [-0.25, -0.2) is 4.79 Å². The Balaban J connectivity index is 2.60. The Morgan fingerprint density at radius 1 is 1.47 bits per heavy atom. The molecule has 1 rings (SSSR count). The molecule has 1 aromatic carbocycles. The molecular formula is C13H19NO3. The predicted octanol–water partition coefficient (Wildman–Crippen LogP) is 2.16. The fourth-order valence-electron chi connectivity index (χ4n) is 1.37. The average molecular weight is 237 g/mol. The third-order valence-corrected chi connectivity index (χ3v) is 2.37. The topological polar surface area (TPSA) is 61.5 Å². The minimum Gasteiger partial charge on any atom is -0.457 e. The molecule has 0 saturated heterocycles. The van der Waals surface area contributed by atoms with Gasteiger partial charge in [-0.05, 0) is 44.5 Å². The number of anilines is 1. The van der Waals surface area contributed by atoms with Crippen LogP contribution in [-0.4, -0.2) is 25.3 Å². The van der Waals surface area contributed by atoms with Crippen molar-refractivity contribution < 1.29 is 14.3 Å². The molecule has 1 aromatic rings. The van der Waals surface area contributed by atoms with Gasteiger partial charge in [-0.15, -0.1) is 0 Å². The number of hydrogen-bond acceptors (Lipinski definition) is 4. The zero-order valence-electron chi connectivity index (χ0n) is 10.5. The molecule has 0 spiro atoms. The van der Waals surface area contributed by atoms with E-state index in [4.69, 9.17) is 15.2 Å². The molecule has 0 aromatic heterocycles. The van der Waals surface area contributed by atoms with Gasteiger partial charge in [0.05, 0.1) is 12.2 Å². The summed E-state index contributed by atoms with van der Waals surface area (Å²) in [5.41, 5.74) is 7.74. The number of esters is 1. The van der Waals surface area contributed by atoms with E-state index in [9.17, 15) is 4.79 Å². The molecule has 4 heteroatoms. The van der Waals surface area contributed by atoms with Gasteiger partial charge in [-0.1, -0.05) is 0 Å². The summed E-state index contributed by atoms with van der Waals surface area (Å²) in [7, 11) is 0. The van der Waals surface area contributed by atoms with Gasteiger partial charge in [-0.3, -0.25) is 0 Å². The van der Waals surface area contributed by atoms with Crippen LogP contribution in [-0.2, 0) is 9.47 Å². The summed E-state index contributed by atoms with van der Waals surface area (Å²) in [6, 6.07) is 5.10. The summed E-state index contributed by atoms with van der Waals surface area (Å²) in [5.74, 6) is -0.347. The standard InChI is InChI=1S/C13H19NO3/c1-4-16-8-10(3)17-13(15)11-5-6-12(14)9(2)7-11/h5-7,10H,4,8,14H2,1-3H3. The predicted molar refractivity (Wildman–Crippen MR) is 67.0 cm³/mol. The molecule has 2 N–H and O–H groups in total. The fourth-order valence-corrected chi connectivity index (χ4v) is 1.37. The molecule has 0 aliphatic heterocycles. The van der Waals surface area contributed by atoms with Gasteiger partial charge in [0.2, 0.25) is 0 Å². The zero-order valence-corrected chi connectivity index (χ0v) is 10.5. The van der Waals surface area contributed by atoms with Crippen LogP contribution in [0.15, 0.2) is 18.2 Å². The van der Waals surface area contributed by atoms with Gasteiger partial charge in [0.25, 0.3) is 0 Å². The molecule has 0 fully saturated rings. The molecule has 0 aliphatic carbocycles. The van der Waals surface area contributed by atoms with Crippen molar-refractivity contribution in [3.8, 4) is 0 Å². The average Bonchev–Trinajstić information content (AvgIpc) is 2.30. The van der Waals surface area contributed by atoms with E-state index in [-0.39, 0.29) is 12.1 Å². The number of nitrogen functional groups attached to an aromatic ring is 1. The van der Waals surface area contributed by atoms with E-state index in [1.807, 2.05) is 13.8 Å². The highest BCUT2D eigenvalue weighted by atomic mass is 16.6. The molecule has 1 atom stereocenters. The summed E-state index contributed by atoms with van der Waals surface area (Å²) in [6.07, 6.45) is -0.250. The van der Waals surface area contributed by atoms with E-state index in [1.54, 1.807) is 25.1 Å². The maximum absolute atomic E-state index is 11.8. The highest BCUT2D eigenvalue weighted by Gasteiger charge is 2.12. The number of aryl methyl sites for hydroxylation is 1. The quantitative estimate of drug-likeness (QED) is 0.629. The lowest BCUT2D eigenvalue weighted by atomic mass is 10.1. The molecule has 0 saturated carbocycles. The summed E-state index contributed by atoms with van der Waals surface area (Å²) in [6.45, 7) is 6.59. The summed E-state index contributed by atoms with van der Waals surface area (Å²) < 4.78 is 10.4. The Morgan fingerprint density at radius 2 is 2.18 bits per heavy atom. The van der Waals surface area contributed by atoms with Crippen LogP contribution in [0.3, 0.4) is 0 Å². The highest BCUT2D eigenvalue weighted by Crippen LogP contribution is 2.14. The van der Waals surface area contributed by atoms with Crippen molar-refractivity contribution in [3.05, 3.63) is 29.3 Å². The fraction of sp³-hybridized carbons (Fsp3) is 0.462. The maximum atomic E-state index is 11.8. The van der Waals surface area contributed by atoms with E-state index in [2.05, 4.69) is 0 Å². The molecule has 0 bridgehead atoms. The zero-order chi connectivity index (χ0) is 12.8. The van der Waals surface area contributed by atoms with E-state index in [1.165, 1.54) is 0 Å². The van der Waals surface area contributed by atoms with Crippen LogP contribution in [0, 0.1) is 6.92 Å². The van der Waals surface area contributed by atoms with Crippen molar-refractivity contribution in [2.45, 2.75) is 26.9 Å². The van der Waals surface area contributed by atoms with E-state index >= 15 is 0 Å². The normalized spacial score (nSPS) is 12.2. The molecule has 17 heavy (non-hydrogen) atoms. The van der Waals surface area contributed by atoms with Gasteiger partial charge in [0.1, 0.15) is 6.10 Å². The largest absolute Gasteiger partial charge is 0.457 e. The Hall–Kier alpha value is -1.55. The van der Waals surface area contributed by atoms with Crippen LogP contribution in [0.2, 0.25) is 0 Å². The van der Waals surface area contributed by atoms with Crippen LogP contribution in [0.5, 0.6) is 0 Å². The smallest absolute Gasteiger partial charge is 0.338 e. The van der Waals surface area contributed by atoms with Gasteiger partial charge in [-0.2, -0.15) is 0 Å². The summed E-state index contributed by atoms with van der Waals surface area (Å²) >= 11 is 0. The Bertz CT molecular complexity index is 390. The number of nitrogens with two attached hydrogens (primary N) is 1. The monoisotopic (exact) mass is 237 g/mol. The second kappa shape index (κ2) is 6.25. The lowest BCUT2D eigenvalue weighted by molar-refractivity contribution is 0.00439. The Morgan fingerprint density at radius 3 is 2.76 bits per heavy atom. The van der Waals surface area contributed by atoms with Gasteiger partial charge >= 0.3 is 5.97 Å². The Labute approximate surface area is 102 Å². The molecule has 1 unspecified atom stereocenters. The van der Waals surface area contributed by atoms with E-state index < -0.39 is 0 Å². The lowest BCUT2D eigenvalue weighted by Crippen LogP contribution is -2.20. The van der Waals surface area contributed by atoms with Crippen molar-refractivity contribution in [3.63, 3.8) is 0 Å². The molecule has 4 nitrogen and oxygen atoms in total. The van der Waals surface area contributed by atoms with Crippen molar-refractivity contribution in [1.82, 2.24) is 0 Å². The van der Waals surface area contributed by atoms with Crippen molar-refractivity contribution in [2.75, 3.05) is 18.9 Å². The molecule has 0 aliphatic rings. The summed E-state index contributed by atoms with van der Waals surface area (Å²) in [5, 5.41) is 0. The first-order chi connectivity index (χ1) is 8.04. The highest BCUT2D eigenvalue weighted by molar-refractivity contribution is 5.90. The molecular weight excluding hydrogens is 218 g/mol. The maximum Gasteiger partial charge on any atom is 0.338 e. The Kier molecular flexibility index (Phi) is 4.97. The number of rotatable bonds is 5. The lowest BCUT2D eigenvalue weighted by Gasteiger charge is -2.13. The first-order valence-electron chi connectivity index (χ1n) is 5.69. The first-order valence-corrected chi connectivity index (χ1v) is 5.69. The van der Waals surface area contributed by atoms with Crippen LogP contribution in [0.25, 0.3) is 0 Å². The second-order valence-electron chi connectivity index (χ2n) is 3.95. The van der Waals surface area contributed by atoms with E-state index in [0.717, 1.165) is 5.56 Å². The molecule has 0 radical (unpaired) electrons. The number of carbonyl (C=O) groups excluding carboxylic acids is 1. The van der Waals surface area contributed by atoms with Gasteiger partial charge in [0.15, 0.2) is 0 Å².